The number of rotatable bonds is 4. The van der Waals surface area contributed by atoms with Crippen LogP contribution in [-0.2, 0) is 0 Å². The molecule has 0 radical (unpaired) electrons. The number of aliphatic hydroxyl groups is 1. The van der Waals surface area contributed by atoms with Crippen molar-refractivity contribution in [1.82, 2.24) is 10.3 Å². The van der Waals surface area contributed by atoms with Crippen LogP contribution < -0.4 is 5.32 Å². The Morgan fingerprint density at radius 1 is 1.33 bits per heavy atom. The summed E-state index contributed by atoms with van der Waals surface area (Å²) >= 11 is 1.55. The third kappa shape index (κ3) is 3.20. The van der Waals surface area contributed by atoms with E-state index in [9.17, 15) is 4.79 Å². The van der Waals surface area contributed by atoms with Crippen molar-refractivity contribution in [3.05, 3.63) is 52.9 Å². The Balaban J connectivity index is 1.64. The molecule has 1 aromatic carbocycles. The summed E-state index contributed by atoms with van der Waals surface area (Å²) in [6.07, 6.45) is 4.66. The maximum atomic E-state index is 12.2. The summed E-state index contributed by atoms with van der Waals surface area (Å²) in [5.41, 5.74) is 4.36. The zero-order valence-electron chi connectivity index (χ0n) is 11.4. The molecule has 0 unspecified atom stereocenters. The molecule has 21 heavy (non-hydrogen) atoms. The number of carbonyl (C=O) groups excluding carboxylic acids is 1. The monoisotopic (exact) mass is 300 g/mol. The predicted octanol–water partition coefficient (Wildman–Crippen LogP) is 2.48. The number of aliphatic hydroxyl groups excluding tert-OH is 1. The first-order chi connectivity index (χ1) is 10.3. The van der Waals surface area contributed by atoms with Crippen LogP contribution in [0.15, 0.2) is 47.3 Å². The molecule has 2 aromatic rings. The molecule has 0 aliphatic heterocycles. The third-order valence-corrected chi connectivity index (χ3v) is 4.18. The first kappa shape index (κ1) is 14.0. The lowest BCUT2D eigenvalue weighted by Gasteiger charge is -2.12. The summed E-state index contributed by atoms with van der Waals surface area (Å²) < 4.78 is 0. The SMILES string of the molecule is O=C(N[C@@H]1C=C[C@H](CO)C1)c1ccc(-c2cscn2)cc1. The molecule has 1 aliphatic carbocycles. The molecule has 108 valence electrons. The molecule has 2 atom stereocenters. The van der Waals surface area contributed by atoms with E-state index < -0.39 is 0 Å². The lowest BCUT2D eigenvalue weighted by atomic mass is 10.1. The minimum Gasteiger partial charge on any atom is -0.396 e. The quantitative estimate of drug-likeness (QED) is 0.853. The number of carbonyl (C=O) groups is 1. The smallest absolute Gasteiger partial charge is 0.251 e. The van der Waals surface area contributed by atoms with E-state index in [1.807, 2.05) is 41.8 Å². The maximum Gasteiger partial charge on any atom is 0.251 e. The Morgan fingerprint density at radius 2 is 2.14 bits per heavy atom. The first-order valence-corrected chi connectivity index (χ1v) is 7.79. The van der Waals surface area contributed by atoms with Crippen LogP contribution in [-0.4, -0.2) is 28.6 Å². The average molecular weight is 300 g/mol. The number of hydrogen-bond acceptors (Lipinski definition) is 4. The molecule has 0 saturated carbocycles. The molecule has 0 saturated heterocycles. The number of nitrogens with one attached hydrogen (secondary N) is 1. The molecule has 0 bridgehead atoms. The summed E-state index contributed by atoms with van der Waals surface area (Å²) in [5, 5.41) is 14.0. The van der Waals surface area contributed by atoms with Crippen LogP contribution in [0.2, 0.25) is 0 Å². The fourth-order valence-electron chi connectivity index (χ4n) is 2.42. The second kappa shape index (κ2) is 6.20. The fraction of sp³-hybridized carbons (Fsp3) is 0.250. The van der Waals surface area contributed by atoms with Gasteiger partial charge in [0.05, 0.1) is 11.2 Å². The van der Waals surface area contributed by atoms with Gasteiger partial charge in [-0.1, -0.05) is 24.3 Å². The van der Waals surface area contributed by atoms with Crippen LogP contribution in [0, 0.1) is 5.92 Å². The van der Waals surface area contributed by atoms with Gasteiger partial charge in [-0.3, -0.25) is 4.79 Å². The molecular formula is C16H16N2O2S. The minimum atomic E-state index is -0.0898. The Hall–Kier alpha value is -1.98. The van der Waals surface area contributed by atoms with Crippen molar-refractivity contribution in [2.24, 2.45) is 5.92 Å². The van der Waals surface area contributed by atoms with Gasteiger partial charge in [-0.05, 0) is 18.6 Å². The molecule has 1 aliphatic rings. The van der Waals surface area contributed by atoms with Gasteiger partial charge in [0.25, 0.3) is 5.91 Å². The number of nitrogens with zero attached hydrogens (tertiary/aromatic N) is 1. The highest BCUT2D eigenvalue weighted by atomic mass is 32.1. The van der Waals surface area contributed by atoms with E-state index in [1.54, 1.807) is 16.8 Å². The van der Waals surface area contributed by atoms with Crippen LogP contribution >= 0.6 is 11.3 Å². The molecule has 1 amide bonds. The molecular weight excluding hydrogens is 284 g/mol. The Bertz CT molecular complexity index is 635. The van der Waals surface area contributed by atoms with Crippen molar-refractivity contribution in [2.75, 3.05) is 6.61 Å². The predicted molar refractivity (Wildman–Crippen MR) is 83.1 cm³/mol. The van der Waals surface area contributed by atoms with Gasteiger partial charge in [-0.25, -0.2) is 4.98 Å². The zero-order chi connectivity index (χ0) is 14.7. The van der Waals surface area contributed by atoms with Gasteiger partial charge < -0.3 is 10.4 Å². The van der Waals surface area contributed by atoms with Gasteiger partial charge in [0.2, 0.25) is 0 Å². The van der Waals surface area contributed by atoms with Crippen LogP contribution in [0.4, 0.5) is 0 Å². The third-order valence-electron chi connectivity index (χ3n) is 3.60. The first-order valence-electron chi connectivity index (χ1n) is 6.85. The standard InChI is InChI=1S/C16H16N2O2S/c19-8-11-1-6-14(7-11)18-16(20)13-4-2-12(3-5-13)15-9-21-10-17-15/h1-6,9-11,14,19H,7-8H2,(H,18,20)/t11-,14+/m0/s1. The molecule has 0 spiro atoms. The second-order valence-electron chi connectivity index (χ2n) is 5.09. The van der Waals surface area contributed by atoms with E-state index in [0.717, 1.165) is 17.7 Å². The number of thiazole rings is 1. The average Bonchev–Trinajstić information content (AvgIpc) is 3.19. The number of aromatic nitrogens is 1. The molecule has 4 nitrogen and oxygen atoms in total. The topological polar surface area (TPSA) is 62.2 Å². The van der Waals surface area contributed by atoms with Crippen LogP contribution in [0.3, 0.4) is 0 Å². The number of amides is 1. The molecule has 3 rings (SSSR count). The lowest BCUT2D eigenvalue weighted by Crippen LogP contribution is -2.32. The summed E-state index contributed by atoms with van der Waals surface area (Å²) in [6, 6.07) is 7.45. The molecule has 0 fully saturated rings. The molecule has 2 N–H and O–H groups in total. The summed E-state index contributed by atoms with van der Waals surface area (Å²) in [7, 11) is 0. The summed E-state index contributed by atoms with van der Waals surface area (Å²) in [4.78, 5) is 16.4. The van der Waals surface area contributed by atoms with E-state index in [0.29, 0.717) is 5.56 Å². The normalized spacial score (nSPS) is 20.6. The largest absolute Gasteiger partial charge is 0.396 e. The molecule has 1 heterocycles. The van der Waals surface area contributed by atoms with E-state index in [4.69, 9.17) is 5.11 Å². The van der Waals surface area contributed by atoms with Crippen molar-refractivity contribution >= 4 is 17.2 Å². The Morgan fingerprint density at radius 3 is 2.76 bits per heavy atom. The highest BCUT2D eigenvalue weighted by molar-refractivity contribution is 7.07. The Kier molecular flexibility index (Phi) is 4.13. The van der Waals surface area contributed by atoms with Crippen molar-refractivity contribution in [3.8, 4) is 11.3 Å². The Labute approximate surface area is 127 Å². The van der Waals surface area contributed by atoms with Crippen LogP contribution in [0.25, 0.3) is 11.3 Å². The van der Waals surface area contributed by atoms with Gasteiger partial charge in [-0.15, -0.1) is 11.3 Å². The van der Waals surface area contributed by atoms with Gasteiger partial charge in [0, 0.05) is 35.1 Å². The number of benzene rings is 1. The molecule has 5 heteroatoms. The second-order valence-corrected chi connectivity index (χ2v) is 5.81. The van der Waals surface area contributed by atoms with Gasteiger partial charge in [0.1, 0.15) is 0 Å². The van der Waals surface area contributed by atoms with Crippen LogP contribution in [0.5, 0.6) is 0 Å². The van der Waals surface area contributed by atoms with Crippen molar-refractivity contribution in [1.29, 1.82) is 0 Å². The van der Waals surface area contributed by atoms with E-state index >= 15 is 0 Å². The van der Waals surface area contributed by atoms with Gasteiger partial charge >= 0.3 is 0 Å². The van der Waals surface area contributed by atoms with Crippen LogP contribution in [0.1, 0.15) is 16.8 Å². The van der Waals surface area contributed by atoms with Crippen molar-refractivity contribution in [2.45, 2.75) is 12.5 Å². The van der Waals surface area contributed by atoms with Crippen molar-refractivity contribution in [3.63, 3.8) is 0 Å². The fourth-order valence-corrected chi connectivity index (χ4v) is 2.98. The number of hydrogen-bond donors (Lipinski definition) is 2. The van der Waals surface area contributed by atoms with E-state index in [-0.39, 0.29) is 24.5 Å². The van der Waals surface area contributed by atoms with Crippen molar-refractivity contribution < 1.29 is 9.90 Å². The van der Waals surface area contributed by atoms with E-state index in [2.05, 4.69) is 10.3 Å². The van der Waals surface area contributed by atoms with Gasteiger partial charge in [0.15, 0.2) is 0 Å². The summed E-state index contributed by atoms with van der Waals surface area (Å²) in [5.74, 6) is 0.0652. The molecule has 1 aromatic heterocycles. The maximum absolute atomic E-state index is 12.2. The van der Waals surface area contributed by atoms with Gasteiger partial charge in [-0.2, -0.15) is 0 Å². The summed E-state index contributed by atoms with van der Waals surface area (Å²) in [6.45, 7) is 0.130. The highest BCUT2D eigenvalue weighted by Gasteiger charge is 2.20. The lowest BCUT2D eigenvalue weighted by molar-refractivity contribution is 0.0941. The highest BCUT2D eigenvalue weighted by Crippen LogP contribution is 2.20. The zero-order valence-corrected chi connectivity index (χ0v) is 12.2. The minimum absolute atomic E-state index is 0.00728. The van der Waals surface area contributed by atoms with E-state index in [1.165, 1.54) is 0 Å².